The van der Waals surface area contributed by atoms with Crippen molar-refractivity contribution in [2.75, 3.05) is 6.54 Å². The van der Waals surface area contributed by atoms with Crippen molar-refractivity contribution in [3.05, 3.63) is 35.6 Å². The molecule has 0 saturated heterocycles. The van der Waals surface area contributed by atoms with Gasteiger partial charge < -0.3 is 5.73 Å². The molecule has 1 fully saturated rings. The van der Waals surface area contributed by atoms with Crippen molar-refractivity contribution >= 4 is 0 Å². The van der Waals surface area contributed by atoms with Crippen LogP contribution in [0.5, 0.6) is 0 Å². The number of benzene rings is 1. The number of rotatable bonds is 5. The van der Waals surface area contributed by atoms with Crippen molar-refractivity contribution in [2.45, 2.75) is 64.1 Å². The number of hydrogen-bond acceptors (Lipinski definition) is 2. The molecular weight excluding hydrogens is 251 g/mol. The van der Waals surface area contributed by atoms with Crippen LogP contribution in [0.15, 0.2) is 24.3 Å². The van der Waals surface area contributed by atoms with E-state index in [1.807, 2.05) is 12.1 Å². The molecule has 0 bridgehead atoms. The summed E-state index contributed by atoms with van der Waals surface area (Å²) in [5.41, 5.74) is 6.82. The van der Waals surface area contributed by atoms with E-state index in [4.69, 9.17) is 5.73 Å². The van der Waals surface area contributed by atoms with E-state index in [9.17, 15) is 4.39 Å². The molecule has 0 radical (unpaired) electrons. The second kappa shape index (κ2) is 7.19. The van der Waals surface area contributed by atoms with Gasteiger partial charge in [0.05, 0.1) is 0 Å². The third-order valence-corrected chi connectivity index (χ3v) is 4.54. The summed E-state index contributed by atoms with van der Waals surface area (Å²) < 4.78 is 14.0. The van der Waals surface area contributed by atoms with Gasteiger partial charge in [0.1, 0.15) is 5.82 Å². The SMILES string of the molecule is CCCN(C1CCC(N)CC1)C(C)c1ccccc1F. The maximum atomic E-state index is 14.0. The van der Waals surface area contributed by atoms with Crippen molar-refractivity contribution in [3.8, 4) is 0 Å². The van der Waals surface area contributed by atoms with Crippen LogP contribution in [0, 0.1) is 5.82 Å². The van der Waals surface area contributed by atoms with E-state index < -0.39 is 0 Å². The summed E-state index contributed by atoms with van der Waals surface area (Å²) >= 11 is 0. The lowest BCUT2D eigenvalue weighted by molar-refractivity contribution is 0.106. The lowest BCUT2D eigenvalue weighted by atomic mass is 9.89. The molecule has 1 unspecified atom stereocenters. The first kappa shape index (κ1) is 15.5. The van der Waals surface area contributed by atoms with Crippen molar-refractivity contribution in [2.24, 2.45) is 5.73 Å². The fourth-order valence-corrected chi connectivity index (χ4v) is 3.38. The molecule has 1 saturated carbocycles. The van der Waals surface area contributed by atoms with E-state index in [1.54, 1.807) is 12.1 Å². The van der Waals surface area contributed by atoms with Crippen LogP contribution in [-0.2, 0) is 0 Å². The van der Waals surface area contributed by atoms with Crippen molar-refractivity contribution in [1.29, 1.82) is 0 Å². The molecule has 112 valence electrons. The van der Waals surface area contributed by atoms with Crippen LogP contribution in [0.2, 0.25) is 0 Å². The third kappa shape index (κ3) is 3.58. The Balaban J connectivity index is 2.13. The van der Waals surface area contributed by atoms with E-state index in [2.05, 4.69) is 18.7 Å². The molecule has 0 aromatic heterocycles. The zero-order valence-electron chi connectivity index (χ0n) is 12.7. The summed E-state index contributed by atoms with van der Waals surface area (Å²) in [6.07, 6.45) is 5.56. The lowest BCUT2D eigenvalue weighted by Gasteiger charge is -2.40. The zero-order valence-corrected chi connectivity index (χ0v) is 12.7. The lowest BCUT2D eigenvalue weighted by Crippen LogP contribution is -2.42. The molecule has 1 aliphatic rings. The predicted octanol–water partition coefficient (Wildman–Crippen LogP) is 3.87. The van der Waals surface area contributed by atoms with Crippen LogP contribution in [-0.4, -0.2) is 23.5 Å². The highest BCUT2D eigenvalue weighted by atomic mass is 19.1. The first-order chi connectivity index (χ1) is 9.63. The molecular formula is C17H27FN2. The minimum absolute atomic E-state index is 0.0892. The summed E-state index contributed by atoms with van der Waals surface area (Å²) in [6.45, 7) is 5.34. The van der Waals surface area contributed by atoms with E-state index in [0.717, 1.165) is 44.2 Å². The third-order valence-electron chi connectivity index (χ3n) is 4.54. The highest BCUT2D eigenvalue weighted by Crippen LogP contribution is 2.31. The van der Waals surface area contributed by atoms with Crippen LogP contribution in [0.3, 0.4) is 0 Å². The van der Waals surface area contributed by atoms with Crippen molar-refractivity contribution in [1.82, 2.24) is 4.90 Å². The van der Waals surface area contributed by atoms with Crippen LogP contribution < -0.4 is 5.73 Å². The molecule has 0 spiro atoms. The van der Waals surface area contributed by atoms with Gasteiger partial charge in [0, 0.05) is 23.7 Å². The molecule has 0 amide bonds. The molecule has 20 heavy (non-hydrogen) atoms. The summed E-state index contributed by atoms with van der Waals surface area (Å²) in [4.78, 5) is 2.48. The molecule has 1 atom stereocenters. The first-order valence-corrected chi connectivity index (χ1v) is 7.89. The van der Waals surface area contributed by atoms with Gasteiger partial charge in [-0.1, -0.05) is 25.1 Å². The van der Waals surface area contributed by atoms with Gasteiger partial charge >= 0.3 is 0 Å². The minimum Gasteiger partial charge on any atom is -0.328 e. The summed E-state index contributed by atoms with van der Waals surface area (Å²) in [5, 5.41) is 0. The normalized spacial score (nSPS) is 24.9. The maximum absolute atomic E-state index is 14.0. The van der Waals surface area contributed by atoms with E-state index in [0.29, 0.717) is 12.1 Å². The topological polar surface area (TPSA) is 29.3 Å². The summed E-state index contributed by atoms with van der Waals surface area (Å²) in [7, 11) is 0. The van der Waals surface area contributed by atoms with E-state index in [1.165, 1.54) is 0 Å². The Kier molecular flexibility index (Phi) is 5.55. The molecule has 0 aliphatic heterocycles. The number of nitrogens with zero attached hydrogens (tertiary/aromatic N) is 1. The molecule has 2 N–H and O–H groups in total. The number of nitrogens with two attached hydrogens (primary N) is 1. The smallest absolute Gasteiger partial charge is 0.127 e. The van der Waals surface area contributed by atoms with Gasteiger partial charge in [-0.3, -0.25) is 4.90 Å². The van der Waals surface area contributed by atoms with Gasteiger partial charge in [0.25, 0.3) is 0 Å². The Morgan fingerprint density at radius 2 is 1.90 bits per heavy atom. The standard InChI is InChI=1S/C17H27FN2/c1-3-12-20(15-10-8-14(19)9-11-15)13(2)16-6-4-5-7-17(16)18/h4-7,13-15H,3,8-12,19H2,1-2H3. The number of hydrogen-bond donors (Lipinski definition) is 1. The van der Waals surface area contributed by atoms with Gasteiger partial charge in [-0.15, -0.1) is 0 Å². The fourth-order valence-electron chi connectivity index (χ4n) is 3.38. The molecule has 1 aromatic carbocycles. The van der Waals surface area contributed by atoms with Gasteiger partial charge in [-0.2, -0.15) is 0 Å². The average Bonchev–Trinajstić information content (AvgIpc) is 2.46. The predicted molar refractivity (Wildman–Crippen MR) is 82.0 cm³/mol. The van der Waals surface area contributed by atoms with Crippen molar-refractivity contribution in [3.63, 3.8) is 0 Å². The minimum atomic E-state index is -0.0892. The summed E-state index contributed by atoms with van der Waals surface area (Å²) in [5.74, 6) is -0.0892. The van der Waals surface area contributed by atoms with E-state index >= 15 is 0 Å². The average molecular weight is 278 g/mol. The molecule has 3 heteroatoms. The molecule has 2 rings (SSSR count). The molecule has 0 heterocycles. The highest BCUT2D eigenvalue weighted by molar-refractivity contribution is 5.21. The molecule has 2 nitrogen and oxygen atoms in total. The van der Waals surface area contributed by atoms with Crippen LogP contribution in [0.1, 0.15) is 57.6 Å². The van der Waals surface area contributed by atoms with Crippen LogP contribution >= 0.6 is 0 Å². The largest absolute Gasteiger partial charge is 0.328 e. The first-order valence-electron chi connectivity index (χ1n) is 7.89. The molecule has 1 aromatic rings. The van der Waals surface area contributed by atoms with Gasteiger partial charge in [0.15, 0.2) is 0 Å². The highest BCUT2D eigenvalue weighted by Gasteiger charge is 2.28. The Labute approximate surface area is 122 Å². The Morgan fingerprint density at radius 1 is 1.25 bits per heavy atom. The Morgan fingerprint density at radius 3 is 2.50 bits per heavy atom. The van der Waals surface area contributed by atoms with Crippen LogP contribution in [0.4, 0.5) is 4.39 Å². The Bertz CT molecular complexity index is 413. The monoisotopic (exact) mass is 278 g/mol. The second-order valence-electron chi connectivity index (χ2n) is 6.00. The Hall–Kier alpha value is -0.930. The molecule has 1 aliphatic carbocycles. The van der Waals surface area contributed by atoms with Gasteiger partial charge in [-0.05, 0) is 51.6 Å². The fraction of sp³-hybridized carbons (Fsp3) is 0.647. The maximum Gasteiger partial charge on any atom is 0.127 e. The quantitative estimate of drug-likeness (QED) is 0.886. The van der Waals surface area contributed by atoms with E-state index in [-0.39, 0.29) is 11.9 Å². The zero-order chi connectivity index (χ0) is 14.5. The van der Waals surface area contributed by atoms with Gasteiger partial charge in [-0.25, -0.2) is 4.39 Å². The van der Waals surface area contributed by atoms with Crippen molar-refractivity contribution < 1.29 is 4.39 Å². The van der Waals surface area contributed by atoms with Gasteiger partial charge in [0.2, 0.25) is 0 Å². The van der Waals surface area contributed by atoms with Crippen LogP contribution in [0.25, 0.3) is 0 Å². The second-order valence-corrected chi connectivity index (χ2v) is 6.00. The number of halogens is 1. The summed E-state index contributed by atoms with van der Waals surface area (Å²) in [6, 6.07) is 8.20.